The van der Waals surface area contributed by atoms with Crippen molar-refractivity contribution in [3.8, 4) is 5.75 Å². The van der Waals surface area contributed by atoms with Crippen LogP contribution in [0.2, 0.25) is 5.28 Å². The minimum Gasteiger partial charge on any atom is -0.506 e. The number of phenolic OH excluding ortho intramolecular Hbond substituents is 1. The van der Waals surface area contributed by atoms with E-state index in [9.17, 15) is 9.90 Å². The third-order valence-electron chi connectivity index (χ3n) is 2.21. The number of nitrogens with zero attached hydrogens (tertiary/aromatic N) is 2. The van der Waals surface area contributed by atoms with Gasteiger partial charge in [0.15, 0.2) is 0 Å². The average molecular weight is 264 g/mol. The third-order valence-corrected chi connectivity index (χ3v) is 2.38. The van der Waals surface area contributed by atoms with Crippen LogP contribution in [0.15, 0.2) is 30.3 Å². The number of benzene rings is 1. The summed E-state index contributed by atoms with van der Waals surface area (Å²) in [4.78, 5) is 19.6. The van der Waals surface area contributed by atoms with Gasteiger partial charge in [0.25, 0.3) is 5.91 Å². The van der Waals surface area contributed by atoms with Crippen molar-refractivity contribution in [3.05, 3.63) is 47.0 Å². The summed E-state index contributed by atoms with van der Waals surface area (Å²) < 4.78 is 0. The van der Waals surface area contributed by atoms with E-state index in [2.05, 4.69) is 15.3 Å². The molecule has 0 bridgehead atoms. The molecule has 0 atom stereocenters. The number of nitrogens with one attached hydrogen (secondary N) is 1. The van der Waals surface area contributed by atoms with Gasteiger partial charge >= 0.3 is 0 Å². The predicted octanol–water partition coefficient (Wildman–Crippen LogP) is 2.40. The number of hydrogen-bond acceptors (Lipinski definition) is 4. The molecule has 1 heterocycles. The van der Waals surface area contributed by atoms with Crippen molar-refractivity contribution in [1.29, 1.82) is 0 Å². The Hall–Kier alpha value is -2.14. The van der Waals surface area contributed by atoms with Crippen molar-refractivity contribution >= 4 is 23.2 Å². The maximum atomic E-state index is 11.9. The van der Waals surface area contributed by atoms with Crippen LogP contribution in [-0.2, 0) is 0 Å². The van der Waals surface area contributed by atoms with E-state index in [4.69, 9.17) is 11.6 Å². The summed E-state index contributed by atoms with van der Waals surface area (Å²) in [5.41, 5.74) is 1.06. The first-order chi connectivity index (χ1) is 8.56. The molecule has 0 radical (unpaired) electrons. The van der Waals surface area contributed by atoms with E-state index in [-0.39, 0.29) is 16.7 Å². The Labute approximate surface area is 108 Å². The van der Waals surface area contributed by atoms with Gasteiger partial charge in [0, 0.05) is 5.69 Å². The maximum Gasteiger partial charge on any atom is 0.274 e. The molecular formula is C12H10ClN3O2. The van der Waals surface area contributed by atoms with E-state index in [1.807, 2.05) is 0 Å². The average Bonchev–Trinajstić information content (AvgIpc) is 2.31. The van der Waals surface area contributed by atoms with Crippen LogP contribution in [0, 0.1) is 6.92 Å². The molecule has 1 aromatic carbocycles. The molecule has 1 aromatic heterocycles. The zero-order chi connectivity index (χ0) is 13.1. The summed E-state index contributed by atoms with van der Waals surface area (Å²) in [6.45, 7) is 1.71. The monoisotopic (exact) mass is 263 g/mol. The number of carbonyl (C=O) groups excluding carboxylic acids is 1. The van der Waals surface area contributed by atoms with Gasteiger partial charge in [-0.3, -0.25) is 4.79 Å². The second kappa shape index (κ2) is 5.01. The van der Waals surface area contributed by atoms with Crippen molar-refractivity contribution in [2.45, 2.75) is 6.92 Å². The van der Waals surface area contributed by atoms with Crippen molar-refractivity contribution in [2.24, 2.45) is 0 Å². The first-order valence-electron chi connectivity index (χ1n) is 5.17. The highest BCUT2D eigenvalue weighted by Gasteiger charge is 2.11. The smallest absolute Gasteiger partial charge is 0.274 e. The van der Waals surface area contributed by atoms with Gasteiger partial charge in [0.2, 0.25) is 5.28 Å². The van der Waals surface area contributed by atoms with Gasteiger partial charge in [-0.15, -0.1) is 0 Å². The molecule has 6 heteroatoms. The number of aromatic nitrogens is 2. The molecular weight excluding hydrogens is 254 g/mol. The summed E-state index contributed by atoms with van der Waals surface area (Å²) >= 11 is 5.68. The number of aromatic hydroxyl groups is 1. The number of hydrogen-bond donors (Lipinski definition) is 2. The SMILES string of the molecule is Cc1cc(C(=O)Nc2ccccc2O)nc(Cl)n1. The first kappa shape index (κ1) is 12.3. The van der Waals surface area contributed by atoms with Gasteiger partial charge in [-0.1, -0.05) is 12.1 Å². The van der Waals surface area contributed by atoms with Crippen LogP contribution in [0.25, 0.3) is 0 Å². The van der Waals surface area contributed by atoms with Crippen LogP contribution < -0.4 is 5.32 Å². The highest BCUT2D eigenvalue weighted by molar-refractivity contribution is 6.28. The molecule has 92 valence electrons. The summed E-state index contributed by atoms with van der Waals surface area (Å²) in [7, 11) is 0. The maximum absolute atomic E-state index is 11.9. The molecule has 0 aliphatic rings. The fourth-order valence-corrected chi connectivity index (χ4v) is 1.64. The van der Waals surface area contributed by atoms with E-state index in [1.54, 1.807) is 25.1 Å². The molecule has 2 N–H and O–H groups in total. The highest BCUT2D eigenvalue weighted by Crippen LogP contribution is 2.22. The van der Waals surface area contributed by atoms with Crippen LogP contribution in [0.1, 0.15) is 16.2 Å². The van der Waals surface area contributed by atoms with Crippen LogP contribution >= 0.6 is 11.6 Å². The van der Waals surface area contributed by atoms with Crippen LogP contribution in [-0.4, -0.2) is 21.0 Å². The summed E-state index contributed by atoms with van der Waals surface area (Å²) in [6, 6.07) is 7.95. The van der Waals surface area contributed by atoms with E-state index >= 15 is 0 Å². The number of halogens is 1. The van der Waals surface area contributed by atoms with Crippen LogP contribution in [0.4, 0.5) is 5.69 Å². The van der Waals surface area contributed by atoms with E-state index in [0.717, 1.165) is 0 Å². The van der Waals surface area contributed by atoms with E-state index in [0.29, 0.717) is 11.4 Å². The first-order valence-corrected chi connectivity index (χ1v) is 5.54. The van der Waals surface area contributed by atoms with Crippen molar-refractivity contribution in [3.63, 3.8) is 0 Å². The van der Waals surface area contributed by atoms with Gasteiger partial charge in [-0.2, -0.15) is 0 Å². The minimum atomic E-state index is -0.455. The second-order valence-corrected chi connectivity index (χ2v) is 3.97. The third kappa shape index (κ3) is 2.75. The molecule has 0 saturated heterocycles. The van der Waals surface area contributed by atoms with Crippen LogP contribution in [0.5, 0.6) is 5.75 Å². The molecule has 0 aliphatic heterocycles. The number of anilines is 1. The van der Waals surface area contributed by atoms with Gasteiger partial charge in [0.05, 0.1) is 5.69 Å². The molecule has 0 fully saturated rings. The second-order valence-electron chi connectivity index (χ2n) is 3.63. The fraction of sp³-hybridized carbons (Fsp3) is 0.0833. The highest BCUT2D eigenvalue weighted by atomic mass is 35.5. The number of aryl methyl sites for hydroxylation is 1. The Morgan fingerprint density at radius 3 is 2.72 bits per heavy atom. The lowest BCUT2D eigenvalue weighted by molar-refractivity contribution is 0.102. The molecule has 0 saturated carbocycles. The molecule has 5 nitrogen and oxygen atoms in total. The van der Waals surface area contributed by atoms with Gasteiger partial charge in [-0.25, -0.2) is 9.97 Å². The number of para-hydroxylation sites is 2. The molecule has 1 amide bonds. The van der Waals surface area contributed by atoms with Crippen molar-refractivity contribution < 1.29 is 9.90 Å². The Balaban J connectivity index is 2.25. The largest absolute Gasteiger partial charge is 0.506 e. The number of phenols is 1. The zero-order valence-electron chi connectivity index (χ0n) is 9.51. The Morgan fingerprint density at radius 2 is 2.06 bits per heavy atom. The molecule has 0 aliphatic carbocycles. The molecule has 18 heavy (non-hydrogen) atoms. The topological polar surface area (TPSA) is 75.1 Å². The normalized spacial score (nSPS) is 10.1. The number of rotatable bonds is 2. The molecule has 2 aromatic rings. The Morgan fingerprint density at radius 1 is 1.33 bits per heavy atom. The number of amides is 1. The molecule has 0 unspecified atom stereocenters. The fourth-order valence-electron chi connectivity index (χ4n) is 1.41. The lowest BCUT2D eigenvalue weighted by atomic mass is 10.2. The van der Waals surface area contributed by atoms with E-state index < -0.39 is 5.91 Å². The predicted molar refractivity (Wildman–Crippen MR) is 67.8 cm³/mol. The van der Waals surface area contributed by atoms with Crippen molar-refractivity contribution in [1.82, 2.24) is 9.97 Å². The van der Waals surface area contributed by atoms with Crippen LogP contribution in [0.3, 0.4) is 0 Å². The van der Waals surface area contributed by atoms with Gasteiger partial charge in [0.1, 0.15) is 11.4 Å². The summed E-state index contributed by atoms with van der Waals surface area (Å²) in [5.74, 6) is -0.466. The van der Waals surface area contributed by atoms with Crippen molar-refractivity contribution in [2.75, 3.05) is 5.32 Å². The number of carbonyl (C=O) groups is 1. The molecule has 2 rings (SSSR count). The minimum absolute atomic E-state index is 0.0114. The quantitative estimate of drug-likeness (QED) is 0.644. The lowest BCUT2D eigenvalue weighted by Crippen LogP contribution is -2.14. The Bertz CT molecular complexity index is 581. The van der Waals surface area contributed by atoms with Gasteiger partial charge in [-0.05, 0) is 36.7 Å². The standard InChI is InChI=1S/C12H10ClN3O2/c1-7-6-9(16-12(13)14-7)11(18)15-8-4-2-3-5-10(8)17/h2-6,17H,1H3,(H,15,18). The summed E-state index contributed by atoms with van der Waals surface area (Å²) in [5, 5.41) is 12.1. The summed E-state index contributed by atoms with van der Waals surface area (Å²) in [6.07, 6.45) is 0. The van der Waals surface area contributed by atoms with Gasteiger partial charge < -0.3 is 10.4 Å². The Kier molecular flexibility index (Phi) is 3.43. The molecule has 0 spiro atoms. The lowest BCUT2D eigenvalue weighted by Gasteiger charge is -2.06. The van der Waals surface area contributed by atoms with E-state index in [1.165, 1.54) is 12.1 Å². The zero-order valence-corrected chi connectivity index (χ0v) is 10.3.